The number of rotatable bonds is 0. The molecule has 0 aliphatic rings. The Kier molecular flexibility index (Phi) is 1.85. The van der Waals surface area contributed by atoms with Crippen LogP contribution in [0.5, 0.6) is 0 Å². The van der Waals surface area contributed by atoms with Crippen LogP contribution in [0.4, 0.5) is 17.6 Å². The van der Waals surface area contributed by atoms with Crippen molar-refractivity contribution in [2.75, 3.05) is 0 Å². The maximum absolute atomic E-state index is 12.3. The normalized spacial score (nSPS) is 11.6. The molecule has 0 aliphatic heterocycles. The molecule has 11 heavy (non-hydrogen) atoms. The minimum atomic E-state index is -4.65. The van der Waals surface area contributed by atoms with Gasteiger partial charge in [-0.15, -0.1) is 0 Å². The molecule has 0 heterocycles. The van der Waals surface area contributed by atoms with Crippen LogP contribution in [0.2, 0.25) is 0 Å². The minimum absolute atomic E-state index is 0.749. The van der Waals surface area contributed by atoms with Gasteiger partial charge in [0.05, 0.1) is 5.56 Å². The second-order valence-corrected chi connectivity index (χ2v) is 1.89. The van der Waals surface area contributed by atoms with Crippen molar-refractivity contribution in [3.8, 4) is 0 Å². The summed E-state index contributed by atoms with van der Waals surface area (Å²) in [6.45, 7) is 0. The van der Waals surface area contributed by atoms with Crippen molar-refractivity contribution < 1.29 is 17.6 Å². The molecule has 1 rings (SSSR count). The zero-order valence-corrected chi connectivity index (χ0v) is 5.24. The molecule has 0 saturated heterocycles. The van der Waals surface area contributed by atoms with E-state index in [1.54, 1.807) is 6.07 Å². The zero-order valence-electron chi connectivity index (χ0n) is 5.24. The summed E-state index contributed by atoms with van der Waals surface area (Å²) < 4.78 is 47.7. The molecule has 0 unspecified atom stereocenters. The van der Waals surface area contributed by atoms with Crippen LogP contribution in [0.15, 0.2) is 18.2 Å². The van der Waals surface area contributed by atoms with Gasteiger partial charge in [-0.2, -0.15) is 13.2 Å². The van der Waals surface area contributed by atoms with Gasteiger partial charge < -0.3 is 0 Å². The fourth-order valence-electron chi connectivity index (χ4n) is 0.634. The fourth-order valence-corrected chi connectivity index (χ4v) is 0.634. The van der Waals surface area contributed by atoms with E-state index in [-0.39, 0.29) is 0 Å². The molecular formula is C7H3F4. The molecular weight excluding hydrogens is 160 g/mol. The molecule has 59 valence electrons. The largest absolute Gasteiger partial charge is 0.419 e. The van der Waals surface area contributed by atoms with E-state index < -0.39 is 17.6 Å². The lowest BCUT2D eigenvalue weighted by Crippen LogP contribution is -2.07. The van der Waals surface area contributed by atoms with Crippen LogP contribution in [-0.2, 0) is 6.18 Å². The lowest BCUT2D eigenvalue weighted by atomic mass is 10.2. The molecule has 0 atom stereocenters. The lowest BCUT2D eigenvalue weighted by molar-refractivity contribution is -0.140. The third-order valence-electron chi connectivity index (χ3n) is 1.09. The standard InChI is InChI=1S/C7H3F4/c8-6-4-2-1-3-5(6)7(9,10)11/h1-2,4H. The number of alkyl halides is 3. The third kappa shape index (κ3) is 1.69. The number of benzene rings is 1. The molecule has 0 spiro atoms. The quantitative estimate of drug-likeness (QED) is 0.515. The average Bonchev–Trinajstić information content (AvgIpc) is 1.86. The van der Waals surface area contributed by atoms with Gasteiger partial charge in [0, 0.05) is 0 Å². The van der Waals surface area contributed by atoms with E-state index in [4.69, 9.17) is 0 Å². The smallest absolute Gasteiger partial charge is 0.206 e. The molecule has 1 radical (unpaired) electrons. The summed E-state index contributed by atoms with van der Waals surface area (Å²) in [5.74, 6) is -1.29. The van der Waals surface area contributed by atoms with Crippen molar-refractivity contribution in [2.45, 2.75) is 6.18 Å². The number of hydrogen-bond donors (Lipinski definition) is 0. The van der Waals surface area contributed by atoms with Gasteiger partial charge in [0.15, 0.2) is 0 Å². The Morgan fingerprint density at radius 3 is 2.27 bits per heavy atom. The number of halogens is 4. The molecule has 0 aliphatic carbocycles. The summed E-state index contributed by atoms with van der Waals surface area (Å²) in [4.78, 5) is 0. The van der Waals surface area contributed by atoms with Crippen molar-refractivity contribution in [3.05, 3.63) is 35.6 Å². The fraction of sp³-hybridized carbons (Fsp3) is 0.143. The molecule has 0 nitrogen and oxygen atoms in total. The van der Waals surface area contributed by atoms with Gasteiger partial charge in [-0.25, -0.2) is 4.39 Å². The Hall–Kier alpha value is -1.06. The van der Waals surface area contributed by atoms with E-state index in [1.807, 2.05) is 0 Å². The van der Waals surface area contributed by atoms with Crippen LogP contribution in [0.3, 0.4) is 0 Å². The first-order valence-electron chi connectivity index (χ1n) is 2.75. The summed E-state index contributed by atoms with van der Waals surface area (Å²) in [5, 5.41) is 0. The maximum atomic E-state index is 12.3. The van der Waals surface area contributed by atoms with Crippen LogP contribution in [-0.4, -0.2) is 0 Å². The summed E-state index contributed by atoms with van der Waals surface area (Å²) in [7, 11) is 0. The van der Waals surface area contributed by atoms with Crippen LogP contribution in [0, 0.1) is 11.9 Å². The predicted molar refractivity (Wildman–Crippen MR) is 30.2 cm³/mol. The zero-order chi connectivity index (χ0) is 8.48. The summed E-state index contributed by atoms with van der Waals surface area (Å²) in [5.41, 5.74) is -1.35. The summed E-state index contributed by atoms with van der Waals surface area (Å²) >= 11 is 0. The first-order valence-corrected chi connectivity index (χ1v) is 2.75. The highest BCUT2D eigenvalue weighted by Crippen LogP contribution is 2.30. The monoisotopic (exact) mass is 163 g/mol. The van der Waals surface area contributed by atoms with Gasteiger partial charge in [0.2, 0.25) is 0 Å². The van der Waals surface area contributed by atoms with Gasteiger partial charge in [-0.3, -0.25) is 0 Å². The maximum Gasteiger partial charge on any atom is 0.419 e. The average molecular weight is 163 g/mol. The highest BCUT2D eigenvalue weighted by molar-refractivity contribution is 5.18. The Labute approximate surface area is 60.5 Å². The molecule has 0 saturated carbocycles. The van der Waals surface area contributed by atoms with Gasteiger partial charge in [-0.1, -0.05) is 12.1 Å². The van der Waals surface area contributed by atoms with Crippen LogP contribution >= 0.6 is 0 Å². The van der Waals surface area contributed by atoms with Crippen LogP contribution in [0.25, 0.3) is 0 Å². The van der Waals surface area contributed by atoms with Crippen LogP contribution in [0.1, 0.15) is 5.56 Å². The van der Waals surface area contributed by atoms with Crippen molar-refractivity contribution >= 4 is 0 Å². The van der Waals surface area contributed by atoms with E-state index in [1.165, 1.54) is 0 Å². The van der Waals surface area contributed by atoms with Gasteiger partial charge in [-0.05, 0) is 12.1 Å². The SMILES string of the molecule is Fc1ccc[c]c1C(F)(F)F. The minimum Gasteiger partial charge on any atom is -0.206 e. The molecule has 4 heteroatoms. The van der Waals surface area contributed by atoms with Crippen molar-refractivity contribution in [1.29, 1.82) is 0 Å². The van der Waals surface area contributed by atoms with Crippen LogP contribution < -0.4 is 0 Å². The second kappa shape index (κ2) is 2.53. The Morgan fingerprint density at radius 1 is 1.27 bits per heavy atom. The highest BCUT2D eigenvalue weighted by Gasteiger charge is 2.33. The van der Waals surface area contributed by atoms with E-state index in [2.05, 4.69) is 0 Å². The highest BCUT2D eigenvalue weighted by atomic mass is 19.4. The molecule has 0 amide bonds. The van der Waals surface area contributed by atoms with Gasteiger partial charge in [0.25, 0.3) is 0 Å². The van der Waals surface area contributed by atoms with Gasteiger partial charge in [0.1, 0.15) is 5.82 Å². The van der Waals surface area contributed by atoms with Crippen molar-refractivity contribution in [1.82, 2.24) is 0 Å². The van der Waals surface area contributed by atoms with Gasteiger partial charge >= 0.3 is 6.18 Å². The third-order valence-corrected chi connectivity index (χ3v) is 1.09. The molecule has 0 fully saturated rings. The van der Waals surface area contributed by atoms with E-state index in [0.29, 0.717) is 0 Å². The second-order valence-electron chi connectivity index (χ2n) is 1.89. The first kappa shape index (κ1) is 8.04. The topological polar surface area (TPSA) is 0 Å². The van der Waals surface area contributed by atoms with Crippen molar-refractivity contribution in [2.24, 2.45) is 0 Å². The molecule has 0 N–H and O–H groups in total. The molecule has 1 aromatic rings. The van der Waals surface area contributed by atoms with Crippen molar-refractivity contribution in [3.63, 3.8) is 0 Å². The lowest BCUT2D eigenvalue weighted by Gasteiger charge is -2.05. The Bertz CT molecular complexity index is 251. The predicted octanol–water partition coefficient (Wildman–Crippen LogP) is 2.64. The molecule has 0 bridgehead atoms. The van der Waals surface area contributed by atoms with E-state index >= 15 is 0 Å². The van der Waals surface area contributed by atoms with E-state index in [9.17, 15) is 17.6 Å². The number of hydrogen-bond acceptors (Lipinski definition) is 0. The summed E-state index contributed by atoms with van der Waals surface area (Å²) in [6, 6.07) is 4.70. The molecule has 0 aromatic heterocycles. The molecule has 1 aromatic carbocycles. The Balaban J connectivity index is 3.14. The Morgan fingerprint density at radius 2 is 1.91 bits per heavy atom. The van der Waals surface area contributed by atoms with E-state index in [0.717, 1.165) is 18.2 Å². The summed E-state index contributed by atoms with van der Waals surface area (Å²) in [6.07, 6.45) is -4.65. The first-order chi connectivity index (χ1) is 5.02.